The van der Waals surface area contributed by atoms with E-state index in [2.05, 4.69) is 5.32 Å². The van der Waals surface area contributed by atoms with E-state index >= 15 is 0 Å². The van der Waals surface area contributed by atoms with Gasteiger partial charge in [0.15, 0.2) is 0 Å². The van der Waals surface area contributed by atoms with Gasteiger partial charge in [-0.15, -0.1) is 0 Å². The van der Waals surface area contributed by atoms with Gasteiger partial charge in [0.1, 0.15) is 12.6 Å². The third-order valence-corrected chi connectivity index (χ3v) is 8.29. The van der Waals surface area contributed by atoms with Gasteiger partial charge < -0.3 is 10.2 Å². The third-order valence-electron chi connectivity index (χ3n) is 5.94. The van der Waals surface area contributed by atoms with Crippen molar-refractivity contribution in [2.75, 3.05) is 10.8 Å². The van der Waals surface area contributed by atoms with Gasteiger partial charge in [-0.2, -0.15) is 0 Å². The molecule has 0 heterocycles. The molecule has 1 atom stereocenters. The third kappa shape index (κ3) is 7.97. The van der Waals surface area contributed by atoms with Gasteiger partial charge in [-0.25, -0.2) is 8.42 Å². The fraction of sp³-hybridized carbons (Fsp3) is 0.310. The van der Waals surface area contributed by atoms with Gasteiger partial charge in [0.05, 0.1) is 15.6 Å². The first-order chi connectivity index (χ1) is 18.2. The zero-order valence-corrected chi connectivity index (χ0v) is 24.9. The van der Waals surface area contributed by atoms with Crippen molar-refractivity contribution >= 4 is 50.7 Å². The van der Waals surface area contributed by atoms with Gasteiger partial charge in [0, 0.05) is 17.1 Å². The molecular weight excluding hydrogens is 557 g/mol. The zero-order valence-electron chi connectivity index (χ0n) is 22.6. The molecule has 208 valence electrons. The van der Waals surface area contributed by atoms with Crippen LogP contribution in [0.5, 0.6) is 0 Å². The predicted molar refractivity (Wildman–Crippen MR) is 157 cm³/mol. The Morgan fingerprint density at radius 1 is 0.923 bits per heavy atom. The van der Waals surface area contributed by atoms with Crippen LogP contribution in [0.3, 0.4) is 0 Å². The summed E-state index contributed by atoms with van der Waals surface area (Å²) in [5.41, 5.74) is 1.25. The molecule has 0 aromatic heterocycles. The number of hydrogen-bond acceptors (Lipinski definition) is 4. The van der Waals surface area contributed by atoms with E-state index in [-0.39, 0.29) is 28.1 Å². The molecule has 0 saturated carbocycles. The van der Waals surface area contributed by atoms with Crippen LogP contribution in [0.1, 0.15) is 38.8 Å². The maximum absolute atomic E-state index is 13.9. The smallest absolute Gasteiger partial charge is 0.264 e. The highest BCUT2D eigenvalue weighted by atomic mass is 35.5. The molecule has 7 nitrogen and oxygen atoms in total. The molecular formula is C29H33Cl2N3O4S. The number of hydrogen-bond donors (Lipinski definition) is 1. The summed E-state index contributed by atoms with van der Waals surface area (Å²) in [7, 11) is -4.19. The van der Waals surface area contributed by atoms with Gasteiger partial charge >= 0.3 is 0 Å². The number of benzene rings is 3. The van der Waals surface area contributed by atoms with Crippen LogP contribution in [0.4, 0.5) is 5.69 Å². The number of halogens is 2. The van der Waals surface area contributed by atoms with Crippen LogP contribution in [0.2, 0.25) is 10.0 Å². The molecule has 39 heavy (non-hydrogen) atoms. The van der Waals surface area contributed by atoms with Crippen LogP contribution < -0.4 is 9.62 Å². The van der Waals surface area contributed by atoms with Crippen molar-refractivity contribution in [3.8, 4) is 0 Å². The summed E-state index contributed by atoms with van der Waals surface area (Å²) in [6, 6.07) is 18.8. The number of carbonyl (C=O) groups is 2. The van der Waals surface area contributed by atoms with E-state index in [9.17, 15) is 18.0 Å². The number of carbonyl (C=O) groups excluding carboxylic acids is 2. The van der Waals surface area contributed by atoms with Crippen molar-refractivity contribution in [2.45, 2.75) is 57.6 Å². The standard InChI is InChI=1S/C29H33Cl2N3O4S/c1-20-10-16-24(17-11-20)39(37,38)34(26-9-7-6-8-25(26)31)19-27(35)33(18-22-12-14-23(30)15-13-22)21(2)28(36)32-29(3,4)5/h6-17,21H,18-19H2,1-5H3,(H,32,36). The molecule has 3 rings (SSSR count). The number of nitrogens with one attached hydrogen (secondary N) is 1. The second-order valence-electron chi connectivity index (χ2n) is 10.3. The number of para-hydroxylation sites is 1. The van der Waals surface area contributed by atoms with Crippen molar-refractivity contribution in [3.05, 3.63) is 94.0 Å². The normalized spacial score (nSPS) is 12.5. The Morgan fingerprint density at radius 3 is 2.08 bits per heavy atom. The Labute approximate surface area is 240 Å². The summed E-state index contributed by atoms with van der Waals surface area (Å²) in [5, 5.41) is 3.60. The van der Waals surface area contributed by atoms with E-state index in [0.29, 0.717) is 5.02 Å². The molecule has 3 aromatic rings. The van der Waals surface area contributed by atoms with Crippen LogP contribution in [0, 0.1) is 6.92 Å². The zero-order chi connectivity index (χ0) is 29.0. The van der Waals surface area contributed by atoms with E-state index in [0.717, 1.165) is 15.4 Å². The highest BCUT2D eigenvalue weighted by Crippen LogP contribution is 2.31. The quantitative estimate of drug-likeness (QED) is 0.340. The lowest BCUT2D eigenvalue weighted by Gasteiger charge is -2.33. The lowest BCUT2D eigenvalue weighted by molar-refractivity contribution is -0.140. The summed E-state index contributed by atoms with van der Waals surface area (Å²) in [4.78, 5) is 28.4. The molecule has 3 aromatic carbocycles. The maximum Gasteiger partial charge on any atom is 0.264 e. The summed E-state index contributed by atoms with van der Waals surface area (Å²) in [6.07, 6.45) is 0. The molecule has 0 aliphatic rings. The largest absolute Gasteiger partial charge is 0.350 e. The second kappa shape index (κ2) is 12.4. The molecule has 2 amide bonds. The number of sulfonamides is 1. The summed E-state index contributed by atoms with van der Waals surface area (Å²) < 4.78 is 28.7. The number of amides is 2. The lowest BCUT2D eigenvalue weighted by Crippen LogP contribution is -2.54. The highest BCUT2D eigenvalue weighted by Gasteiger charge is 2.34. The van der Waals surface area contributed by atoms with Crippen LogP contribution in [-0.4, -0.2) is 43.3 Å². The van der Waals surface area contributed by atoms with Gasteiger partial charge in [0.2, 0.25) is 11.8 Å². The monoisotopic (exact) mass is 589 g/mol. The average Bonchev–Trinajstić information content (AvgIpc) is 2.86. The molecule has 0 fully saturated rings. The summed E-state index contributed by atoms with van der Waals surface area (Å²) in [5.74, 6) is -0.937. The topological polar surface area (TPSA) is 86.8 Å². The first kappa shape index (κ1) is 30.5. The van der Waals surface area contributed by atoms with Gasteiger partial charge in [-0.1, -0.05) is 65.2 Å². The SMILES string of the molecule is Cc1ccc(S(=O)(=O)N(CC(=O)N(Cc2ccc(Cl)cc2)C(C)C(=O)NC(C)(C)C)c2ccccc2Cl)cc1. The van der Waals surface area contributed by atoms with Crippen LogP contribution in [0.25, 0.3) is 0 Å². The van der Waals surface area contributed by atoms with E-state index in [1.165, 1.54) is 17.0 Å². The molecule has 1 N–H and O–H groups in total. The van der Waals surface area contributed by atoms with E-state index in [1.807, 2.05) is 27.7 Å². The molecule has 0 spiro atoms. The van der Waals surface area contributed by atoms with Crippen LogP contribution in [0.15, 0.2) is 77.7 Å². The minimum Gasteiger partial charge on any atom is -0.350 e. The Balaban J connectivity index is 2.04. The Bertz CT molecular complexity index is 1420. The fourth-order valence-electron chi connectivity index (χ4n) is 3.85. The van der Waals surface area contributed by atoms with Crippen molar-refractivity contribution < 1.29 is 18.0 Å². The average molecular weight is 591 g/mol. The van der Waals surface area contributed by atoms with Gasteiger partial charge in [-0.3, -0.25) is 13.9 Å². The van der Waals surface area contributed by atoms with Crippen LogP contribution in [-0.2, 0) is 26.2 Å². The first-order valence-corrected chi connectivity index (χ1v) is 14.6. The maximum atomic E-state index is 13.9. The second-order valence-corrected chi connectivity index (χ2v) is 13.0. The number of aryl methyl sites for hydroxylation is 1. The number of anilines is 1. The van der Waals surface area contributed by atoms with E-state index in [4.69, 9.17) is 23.2 Å². The lowest BCUT2D eigenvalue weighted by atomic mass is 10.1. The Hall–Kier alpha value is -3.07. The molecule has 0 aliphatic heterocycles. The molecule has 0 radical (unpaired) electrons. The minimum absolute atomic E-state index is 0.0172. The van der Waals surface area contributed by atoms with Crippen molar-refractivity contribution in [3.63, 3.8) is 0 Å². The Morgan fingerprint density at radius 2 is 1.51 bits per heavy atom. The molecule has 0 saturated heterocycles. The fourth-order valence-corrected chi connectivity index (χ4v) is 5.69. The van der Waals surface area contributed by atoms with Gasteiger partial charge in [-0.05, 0) is 76.6 Å². The first-order valence-electron chi connectivity index (χ1n) is 12.4. The van der Waals surface area contributed by atoms with Crippen LogP contribution >= 0.6 is 23.2 Å². The minimum atomic E-state index is -4.19. The van der Waals surface area contributed by atoms with Crippen molar-refractivity contribution in [1.82, 2.24) is 10.2 Å². The molecule has 0 bridgehead atoms. The molecule has 10 heteroatoms. The summed E-state index contributed by atoms with van der Waals surface area (Å²) >= 11 is 12.5. The number of rotatable bonds is 9. The van der Waals surface area contributed by atoms with E-state index < -0.39 is 34.1 Å². The van der Waals surface area contributed by atoms with E-state index in [1.54, 1.807) is 67.6 Å². The Kier molecular flexibility index (Phi) is 9.69. The highest BCUT2D eigenvalue weighted by molar-refractivity contribution is 7.92. The molecule has 1 unspecified atom stereocenters. The molecule has 0 aliphatic carbocycles. The predicted octanol–water partition coefficient (Wildman–Crippen LogP) is 5.83. The van der Waals surface area contributed by atoms with Gasteiger partial charge in [0.25, 0.3) is 10.0 Å². The van der Waals surface area contributed by atoms with Crippen molar-refractivity contribution in [2.24, 2.45) is 0 Å². The number of nitrogens with zero attached hydrogens (tertiary/aromatic N) is 2. The van der Waals surface area contributed by atoms with Crippen molar-refractivity contribution in [1.29, 1.82) is 0 Å². The summed E-state index contributed by atoms with van der Waals surface area (Å²) in [6.45, 7) is 8.49.